The van der Waals surface area contributed by atoms with Gasteiger partial charge in [-0.2, -0.15) is 5.10 Å². The largest absolute Gasteiger partial charge is 0.479 e. The number of rotatable bonds is 5. The van der Waals surface area contributed by atoms with E-state index in [4.69, 9.17) is 16.3 Å². The number of benzene rings is 1. The summed E-state index contributed by atoms with van der Waals surface area (Å²) in [5.74, 6) is 0.953. The molecule has 2 aliphatic rings. The number of nitrogens with zero attached hydrogens (tertiary/aromatic N) is 3. The summed E-state index contributed by atoms with van der Waals surface area (Å²) in [6.07, 6.45) is 3.12. The van der Waals surface area contributed by atoms with Gasteiger partial charge in [0.15, 0.2) is 6.10 Å². The van der Waals surface area contributed by atoms with Gasteiger partial charge in [0.05, 0.1) is 16.8 Å². The highest BCUT2D eigenvalue weighted by Gasteiger charge is 2.30. The Bertz CT molecular complexity index is 917. The molecule has 1 aromatic carbocycles. The average molecular weight is 402 g/mol. The van der Waals surface area contributed by atoms with E-state index >= 15 is 0 Å². The Morgan fingerprint density at radius 3 is 2.54 bits per heavy atom. The van der Waals surface area contributed by atoms with Crippen molar-refractivity contribution in [1.29, 1.82) is 0 Å². The van der Waals surface area contributed by atoms with Gasteiger partial charge in [0.25, 0.3) is 11.5 Å². The van der Waals surface area contributed by atoms with Gasteiger partial charge in [0, 0.05) is 25.1 Å². The Morgan fingerprint density at radius 2 is 1.86 bits per heavy atom. The lowest BCUT2D eigenvalue weighted by Gasteiger charge is -2.33. The molecule has 0 N–H and O–H groups in total. The van der Waals surface area contributed by atoms with Gasteiger partial charge in [-0.3, -0.25) is 9.59 Å². The van der Waals surface area contributed by atoms with Crippen LogP contribution in [-0.2, 0) is 4.79 Å². The van der Waals surface area contributed by atoms with Gasteiger partial charge in [-0.25, -0.2) is 4.68 Å². The lowest BCUT2D eigenvalue weighted by molar-refractivity contribution is -0.139. The summed E-state index contributed by atoms with van der Waals surface area (Å²) in [5.41, 5.74) is 0.949. The predicted molar refractivity (Wildman–Crippen MR) is 107 cm³/mol. The minimum absolute atomic E-state index is 0.0371. The third kappa shape index (κ3) is 4.07. The number of likely N-dealkylation sites (tertiary alicyclic amines) is 1. The van der Waals surface area contributed by atoms with E-state index in [0.29, 0.717) is 42.6 Å². The highest BCUT2D eigenvalue weighted by atomic mass is 35.5. The Labute approximate surface area is 169 Å². The van der Waals surface area contributed by atoms with Crippen LogP contribution in [0.25, 0.3) is 0 Å². The third-order valence-electron chi connectivity index (χ3n) is 5.45. The Kier molecular flexibility index (Phi) is 5.40. The molecule has 2 heterocycles. The SMILES string of the molecule is CC(Oc1ccccc1Cl)C(=O)N1CCC(n2nc(C3CC3)ccc2=O)CC1. The molecule has 148 valence electrons. The fourth-order valence-corrected chi connectivity index (χ4v) is 3.85. The van der Waals surface area contributed by atoms with Crippen LogP contribution >= 0.6 is 11.6 Å². The first-order chi connectivity index (χ1) is 13.5. The summed E-state index contributed by atoms with van der Waals surface area (Å²) in [4.78, 5) is 26.8. The van der Waals surface area contributed by atoms with Crippen molar-refractivity contribution in [2.24, 2.45) is 0 Å². The zero-order valence-corrected chi connectivity index (χ0v) is 16.6. The lowest BCUT2D eigenvalue weighted by atomic mass is 10.0. The lowest BCUT2D eigenvalue weighted by Crippen LogP contribution is -2.46. The summed E-state index contributed by atoms with van der Waals surface area (Å²) in [6.45, 7) is 2.91. The molecular weight excluding hydrogens is 378 g/mol. The van der Waals surface area contributed by atoms with Crippen molar-refractivity contribution in [3.05, 3.63) is 57.5 Å². The van der Waals surface area contributed by atoms with E-state index in [1.54, 1.807) is 34.7 Å². The van der Waals surface area contributed by atoms with E-state index in [9.17, 15) is 9.59 Å². The molecule has 1 aliphatic heterocycles. The summed E-state index contributed by atoms with van der Waals surface area (Å²) in [6, 6.07) is 10.6. The minimum atomic E-state index is -0.615. The number of carbonyl (C=O) groups excluding carboxylic acids is 1. The molecule has 1 saturated heterocycles. The molecule has 0 bridgehead atoms. The number of piperidine rings is 1. The topological polar surface area (TPSA) is 64.4 Å². The van der Waals surface area contributed by atoms with E-state index in [1.807, 2.05) is 18.2 Å². The minimum Gasteiger partial charge on any atom is -0.479 e. The van der Waals surface area contributed by atoms with E-state index in [-0.39, 0.29) is 17.5 Å². The number of ether oxygens (including phenoxy) is 1. The predicted octanol–water partition coefficient (Wildman–Crippen LogP) is 3.41. The maximum absolute atomic E-state index is 12.7. The summed E-state index contributed by atoms with van der Waals surface area (Å²) in [5, 5.41) is 5.08. The van der Waals surface area contributed by atoms with Crippen LogP contribution in [-0.4, -0.2) is 39.8 Å². The second-order valence-corrected chi connectivity index (χ2v) is 7.97. The first-order valence-electron chi connectivity index (χ1n) is 9.82. The normalized spacial score (nSPS) is 18.7. The van der Waals surface area contributed by atoms with Gasteiger partial charge in [-0.1, -0.05) is 23.7 Å². The zero-order valence-electron chi connectivity index (χ0n) is 15.9. The maximum Gasteiger partial charge on any atom is 0.267 e. The van der Waals surface area contributed by atoms with Crippen molar-refractivity contribution in [3.63, 3.8) is 0 Å². The highest BCUT2D eigenvalue weighted by molar-refractivity contribution is 6.32. The van der Waals surface area contributed by atoms with Crippen LogP contribution in [0.4, 0.5) is 0 Å². The Morgan fingerprint density at radius 1 is 1.14 bits per heavy atom. The molecule has 1 amide bonds. The number of aromatic nitrogens is 2. The van der Waals surface area contributed by atoms with Gasteiger partial charge >= 0.3 is 0 Å². The fourth-order valence-electron chi connectivity index (χ4n) is 3.67. The van der Waals surface area contributed by atoms with E-state index in [1.165, 1.54) is 0 Å². The summed E-state index contributed by atoms with van der Waals surface area (Å²) in [7, 11) is 0. The number of hydrogen-bond acceptors (Lipinski definition) is 4. The molecule has 6 nitrogen and oxygen atoms in total. The second kappa shape index (κ2) is 7.95. The highest BCUT2D eigenvalue weighted by Crippen LogP contribution is 2.38. The van der Waals surface area contributed by atoms with E-state index in [0.717, 1.165) is 18.5 Å². The van der Waals surface area contributed by atoms with E-state index < -0.39 is 6.10 Å². The van der Waals surface area contributed by atoms with Crippen LogP contribution in [0.15, 0.2) is 41.2 Å². The monoisotopic (exact) mass is 401 g/mol. The van der Waals surface area contributed by atoms with Crippen LogP contribution in [0.1, 0.15) is 50.3 Å². The number of para-hydroxylation sites is 1. The maximum atomic E-state index is 12.7. The van der Waals surface area contributed by atoms with Crippen LogP contribution < -0.4 is 10.3 Å². The summed E-state index contributed by atoms with van der Waals surface area (Å²) >= 11 is 6.11. The summed E-state index contributed by atoms with van der Waals surface area (Å²) < 4.78 is 7.37. The van der Waals surface area contributed by atoms with Crippen LogP contribution in [0, 0.1) is 0 Å². The molecular formula is C21H24ClN3O3. The molecule has 7 heteroatoms. The van der Waals surface area contributed by atoms with Crippen molar-refractivity contribution in [3.8, 4) is 5.75 Å². The average Bonchev–Trinajstić information content (AvgIpc) is 3.55. The van der Waals surface area contributed by atoms with Gasteiger partial charge in [-0.15, -0.1) is 0 Å². The van der Waals surface area contributed by atoms with Crippen molar-refractivity contribution in [1.82, 2.24) is 14.7 Å². The fraction of sp³-hybridized carbons (Fsp3) is 0.476. The van der Waals surface area contributed by atoms with Gasteiger partial charge in [0.2, 0.25) is 0 Å². The number of carbonyl (C=O) groups is 1. The van der Waals surface area contributed by atoms with Crippen LogP contribution in [0.2, 0.25) is 5.02 Å². The Hall–Kier alpha value is -2.34. The molecule has 28 heavy (non-hydrogen) atoms. The van der Waals surface area contributed by atoms with Gasteiger partial charge < -0.3 is 9.64 Å². The van der Waals surface area contributed by atoms with Gasteiger partial charge in [-0.05, 0) is 50.8 Å². The quantitative estimate of drug-likeness (QED) is 0.770. The van der Waals surface area contributed by atoms with Crippen molar-refractivity contribution >= 4 is 17.5 Å². The first kappa shape index (κ1) is 19.0. The molecule has 1 saturated carbocycles. The van der Waals surface area contributed by atoms with Crippen LogP contribution in [0.3, 0.4) is 0 Å². The molecule has 4 rings (SSSR count). The third-order valence-corrected chi connectivity index (χ3v) is 5.76. The number of halogens is 1. The molecule has 0 spiro atoms. The Balaban J connectivity index is 1.37. The van der Waals surface area contributed by atoms with Crippen molar-refractivity contribution < 1.29 is 9.53 Å². The van der Waals surface area contributed by atoms with Crippen molar-refractivity contribution in [2.45, 2.75) is 50.7 Å². The van der Waals surface area contributed by atoms with Crippen LogP contribution in [0.5, 0.6) is 5.75 Å². The molecule has 2 aromatic rings. The number of hydrogen-bond donors (Lipinski definition) is 0. The molecule has 1 atom stereocenters. The zero-order chi connectivity index (χ0) is 19.7. The number of amides is 1. The molecule has 0 radical (unpaired) electrons. The molecule has 1 aromatic heterocycles. The molecule has 1 aliphatic carbocycles. The molecule has 1 unspecified atom stereocenters. The first-order valence-corrected chi connectivity index (χ1v) is 10.2. The smallest absolute Gasteiger partial charge is 0.267 e. The van der Waals surface area contributed by atoms with Crippen molar-refractivity contribution in [2.75, 3.05) is 13.1 Å². The second-order valence-electron chi connectivity index (χ2n) is 7.56. The molecule has 2 fully saturated rings. The standard InChI is InChI=1S/C21H24ClN3O3/c1-14(28-19-5-3-2-4-17(19)22)21(27)24-12-10-16(11-13-24)25-20(26)9-8-18(23-25)15-6-7-15/h2-5,8-9,14-16H,6-7,10-13H2,1H3. The van der Waals surface area contributed by atoms with E-state index in [2.05, 4.69) is 5.10 Å². The van der Waals surface area contributed by atoms with Gasteiger partial charge in [0.1, 0.15) is 5.75 Å².